The zero-order valence-electron chi connectivity index (χ0n) is 23.8. The molecule has 1 aliphatic rings. The maximum absolute atomic E-state index is 13.4. The lowest BCUT2D eigenvalue weighted by molar-refractivity contribution is 0.660. The molecule has 204 valence electrons. The standard InChI is InChI=1S/C39H26N2O2/c1-39(2)32-12-5-3-10-26(32)27-15-16-28-31-22-40-19-18-33(31)41(37(28)36(27)39)25-9-7-8-23(20-25)24-14-17-35-30(21-24)38(42)29-11-4-6-13-34(29)43-35/h3-22H,1-2H3. The Labute approximate surface area is 247 Å². The average molecular weight is 555 g/mol. The van der Waals surface area contributed by atoms with Crippen LogP contribution in [0.4, 0.5) is 0 Å². The van der Waals surface area contributed by atoms with Gasteiger partial charge >= 0.3 is 0 Å². The van der Waals surface area contributed by atoms with Crippen LogP contribution in [-0.4, -0.2) is 9.55 Å². The van der Waals surface area contributed by atoms with E-state index in [0.29, 0.717) is 21.9 Å². The molecule has 0 saturated carbocycles. The second-order valence-electron chi connectivity index (χ2n) is 12.0. The van der Waals surface area contributed by atoms with Gasteiger partial charge in [0.2, 0.25) is 5.43 Å². The van der Waals surface area contributed by atoms with Crippen LogP contribution in [0.15, 0.2) is 131 Å². The second kappa shape index (κ2) is 8.52. The molecule has 0 bridgehead atoms. The summed E-state index contributed by atoms with van der Waals surface area (Å²) in [6, 6.07) is 37.3. The van der Waals surface area contributed by atoms with Gasteiger partial charge in [-0.15, -0.1) is 0 Å². The van der Waals surface area contributed by atoms with E-state index in [-0.39, 0.29) is 10.8 Å². The van der Waals surface area contributed by atoms with E-state index in [1.807, 2.05) is 54.9 Å². The molecule has 0 fully saturated rings. The van der Waals surface area contributed by atoms with Gasteiger partial charge in [0, 0.05) is 34.3 Å². The summed E-state index contributed by atoms with van der Waals surface area (Å²) in [6.45, 7) is 4.66. The van der Waals surface area contributed by atoms with Gasteiger partial charge in [0.1, 0.15) is 11.2 Å². The maximum atomic E-state index is 13.4. The summed E-state index contributed by atoms with van der Waals surface area (Å²) in [5, 5.41) is 3.51. The van der Waals surface area contributed by atoms with Gasteiger partial charge in [-0.05, 0) is 75.8 Å². The van der Waals surface area contributed by atoms with Crippen LogP contribution in [0, 0.1) is 0 Å². The highest BCUT2D eigenvalue weighted by Gasteiger charge is 2.38. The number of hydrogen-bond acceptors (Lipinski definition) is 3. The van der Waals surface area contributed by atoms with E-state index in [0.717, 1.165) is 27.7 Å². The quantitative estimate of drug-likeness (QED) is 0.200. The number of nitrogens with zero attached hydrogens (tertiary/aromatic N) is 2. The highest BCUT2D eigenvalue weighted by molar-refractivity contribution is 6.13. The Morgan fingerprint density at radius 1 is 0.674 bits per heavy atom. The normalized spacial score (nSPS) is 13.6. The fraction of sp³-hybridized carbons (Fsp3) is 0.0769. The lowest BCUT2D eigenvalue weighted by Gasteiger charge is -2.23. The molecular formula is C39H26N2O2. The lowest BCUT2D eigenvalue weighted by Crippen LogP contribution is -2.16. The molecule has 0 atom stereocenters. The number of aromatic nitrogens is 2. The minimum Gasteiger partial charge on any atom is -0.456 e. The van der Waals surface area contributed by atoms with E-state index in [1.165, 1.54) is 33.2 Å². The van der Waals surface area contributed by atoms with Crippen molar-refractivity contribution in [1.82, 2.24) is 9.55 Å². The van der Waals surface area contributed by atoms with Crippen molar-refractivity contribution in [3.8, 4) is 27.9 Å². The maximum Gasteiger partial charge on any atom is 0.200 e. The van der Waals surface area contributed by atoms with Crippen molar-refractivity contribution in [1.29, 1.82) is 0 Å². The van der Waals surface area contributed by atoms with Crippen molar-refractivity contribution in [2.24, 2.45) is 0 Å². The molecule has 0 unspecified atom stereocenters. The first kappa shape index (κ1) is 24.2. The second-order valence-corrected chi connectivity index (χ2v) is 12.0. The van der Waals surface area contributed by atoms with E-state index in [9.17, 15) is 4.79 Å². The smallest absolute Gasteiger partial charge is 0.200 e. The molecule has 4 heteroatoms. The molecule has 0 radical (unpaired) electrons. The lowest BCUT2D eigenvalue weighted by atomic mass is 9.81. The van der Waals surface area contributed by atoms with Crippen molar-refractivity contribution in [3.05, 3.63) is 143 Å². The van der Waals surface area contributed by atoms with Crippen LogP contribution in [-0.2, 0) is 5.41 Å². The summed E-state index contributed by atoms with van der Waals surface area (Å²) in [5.41, 5.74) is 11.7. The molecule has 5 aromatic carbocycles. The molecule has 4 nitrogen and oxygen atoms in total. The molecule has 43 heavy (non-hydrogen) atoms. The van der Waals surface area contributed by atoms with Gasteiger partial charge in [-0.2, -0.15) is 0 Å². The van der Waals surface area contributed by atoms with Gasteiger partial charge in [-0.25, -0.2) is 0 Å². The van der Waals surface area contributed by atoms with E-state index >= 15 is 0 Å². The van der Waals surface area contributed by atoms with Crippen LogP contribution in [0.25, 0.3) is 71.7 Å². The van der Waals surface area contributed by atoms with Crippen molar-refractivity contribution >= 4 is 43.7 Å². The van der Waals surface area contributed by atoms with Crippen molar-refractivity contribution in [3.63, 3.8) is 0 Å². The van der Waals surface area contributed by atoms with Crippen LogP contribution in [0.1, 0.15) is 25.0 Å². The van der Waals surface area contributed by atoms with E-state index in [2.05, 4.69) is 90.1 Å². The Balaban J connectivity index is 1.31. The largest absolute Gasteiger partial charge is 0.456 e. The summed E-state index contributed by atoms with van der Waals surface area (Å²) in [4.78, 5) is 17.9. The minimum absolute atomic E-state index is 0.0119. The molecule has 0 spiro atoms. The van der Waals surface area contributed by atoms with Crippen LogP contribution in [0.5, 0.6) is 0 Å². The van der Waals surface area contributed by atoms with Gasteiger partial charge in [0.05, 0.1) is 21.8 Å². The van der Waals surface area contributed by atoms with Crippen LogP contribution in [0.3, 0.4) is 0 Å². The monoisotopic (exact) mass is 554 g/mol. The molecule has 1 aliphatic carbocycles. The molecule has 0 amide bonds. The van der Waals surface area contributed by atoms with Crippen LogP contribution < -0.4 is 5.43 Å². The zero-order chi connectivity index (χ0) is 28.9. The van der Waals surface area contributed by atoms with Gasteiger partial charge in [-0.1, -0.05) is 80.6 Å². The van der Waals surface area contributed by atoms with Crippen LogP contribution >= 0.6 is 0 Å². The van der Waals surface area contributed by atoms with Gasteiger partial charge in [0.15, 0.2) is 0 Å². The zero-order valence-corrected chi connectivity index (χ0v) is 23.8. The fourth-order valence-corrected chi connectivity index (χ4v) is 7.28. The first-order valence-corrected chi connectivity index (χ1v) is 14.6. The van der Waals surface area contributed by atoms with Crippen molar-refractivity contribution in [2.45, 2.75) is 19.3 Å². The summed E-state index contributed by atoms with van der Waals surface area (Å²) in [5.74, 6) is 0. The molecule has 8 aromatic rings. The predicted octanol–water partition coefficient (Wildman–Crippen LogP) is 9.41. The van der Waals surface area contributed by atoms with Crippen molar-refractivity contribution < 1.29 is 4.42 Å². The topological polar surface area (TPSA) is 48.0 Å². The molecule has 0 aliphatic heterocycles. The fourth-order valence-electron chi connectivity index (χ4n) is 7.28. The Morgan fingerprint density at radius 3 is 2.42 bits per heavy atom. The predicted molar refractivity (Wildman–Crippen MR) is 175 cm³/mol. The number of rotatable bonds is 2. The SMILES string of the molecule is CC1(C)c2ccccc2-c2ccc3c4cnccc4n(-c4cccc(-c5ccc6oc7ccccc7c(=O)c6c5)c4)c3c21. The van der Waals surface area contributed by atoms with Gasteiger partial charge < -0.3 is 8.98 Å². The van der Waals surface area contributed by atoms with E-state index in [1.54, 1.807) is 0 Å². The molecule has 0 N–H and O–H groups in total. The Hall–Kier alpha value is -5.48. The highest BCUT2D eigenvalue weighted by Crippen LogP contribution is 2.52. The Kier molecular flexibility index (Phi) is 4.79. The molecular weight excluding hydrogens is 528 g/mol. The molecule has 0 saturated heterocycles. The summed E-state index contributed by atoms with van der Waals surface area (Å²) in [6.07, 6.45) is 3.85. The molecule has 9 rings (SSSR count). The number of fused-ring (bicyclic) bond motifs is 9. The number of pyridine rings is 1. The number of benzene rings is 5. The van der Waals surface area contributed by atoms with E-state index < -0.39 is 0 Å². The van der Waals surface area contributed by atoms with Gasteiger partial charge in [0.25, 0.3) is 0 Å². The first-order valence-electron chi connectivity index (χ1n) is 14.6. The Bertz CT molecular complexity index is 2510. The average Bonchev–Trinajstić information content (AvgIpc) is 3.50. The third-order valence-corrected chi connectivity index (χ3v) is 9.26. The van der Waals surface area contributed by atoms with E-state index in [4.69, 9.17) is 4.42 Å². The summed E-state index contributed by atoms with van der Waals surface area (Å²) < 4.78 is 8.47. The summed E-state index contributed by atoms with van der Waals surface area (Å²) >= 11 is 0. The third kappa shape index (κ3) is 3.26. The first-order chi connectivity index (χ1) is 21.0. The third-order valence-electron chi connectivity index (χ3n) is 9.26. The van der Waals surface area contributed by atoms with Gasteiger partial charge in [-0.3, -0.25) is 9.78 Å². The molecule has 3 heterocycles. The Morgan fingerprint density at radius 2 is 1.49 bits per heavy atom. The van der Waals surface area contributed by atoms with Crippen molar-refractivity contribution in [2.75, 3.05) is 0 Å². The minimum atomic E-state index is -0.169. The number of hydrogen-bond donors (Lipinski definition) is 0. The summed E-state index contributed by atoms with van der Waals surface area (Å²) in [7, 11) is 0. The number of para-hydroxylation sites is 1. The van der Waals surface area contributed by atoms with Crippen LogP contribution in [0.2, 0.25) is 0 Å². The molecule has 3 aromatic heterocycles. The highest BCUT2D eigenvalue weighted by atomic mass is 16.3.